The maximum absolute atomic E-state index is 6.41. The Kier molecular flexibility index (Phi) is 5.86. The van der Waals surface area contributed by atoms with Crippen LogP contribution in [0, 0.1) is 0 Å². The van der Waals surface area contributed by atoms with E-state index >= 15 is 0 Å². The number of rotatable bonds is 4. The van der Waals surface area contributed by atoms with Gasteiger partial charge in [0.05, 0.1) is 0 Å². The lowest BCUT2D eigenvalue weighted by molar-refractivity contribution is 0.604. The van der Waals surface area contributed by atoms with Crippen LogP contribution in [0.1, 0.15) is 45.1 Å². The van der Waals surface area contributed by atoms with Gasteiger partial charge in [-0.1, -0.05) is 134 Å². The SMILES string of the molecule is C=CC1=C(c2ccc(C3=NC(Cl)=C=Cc4c3oc3ccccc43)cc2)C(=C)C(c2ccccc2)c2ccccc21. The van der Waals surface area contributed by atoms with Gasteiger partial charge in [-0.25, -0.2) is 4.99 Å². The van der Waals surface area contributed by atoms with E-state index in [0.717, 1.165) is 44.4 Å². The molecule has 2 aliphatic rings. The summed E-state index contributed by atoms with van der Waals surface area (Å²) in [5, 5.41) is 1.29. The van der Waals surface area contributed by atoms with Crippen molar-refractivity contribution < 1.29 is 4.42 Å². The van der Waals surface area contributed by atoms with Gasteiger partial charge in [-0.3, -0.25) is 0 Å². The van der Waals surface area contributed by atoms with Crippen molar-refractivity contribution in [3.05, 3.63) is 178 Å². The number of benzene rings is 4. The summed E-state index contributed by atoms with van der Waals surface area (Å²) in [5.41, 5.74) is 14.3. The molecule has 40 heavy (non-hydrogen) atoms. The highest BCUT2D eigenvalue weighted by Gasteiger charge is 2.30. The number of fused-ring (bicyclic) bond motifs is 4. The summed E-state index contributed by atoms with van der Waals surface area (Å²) in [6.07, 6.45) is 3.80. The standard InChI is InChI=1S/C37H24ClNO/c1-3-27-28-13-7-8-15-30(28)35(24-11-5-4-6-12-24)23(2)34(27)25-17-19-26(20-18-25)36-37-31(21-22-33(38)39-36)29-14-9-10-16-32(29)40-37/h3-21,35H,1-2H2. The molecule has 0 fully saturated rings. The molecule has 0 spiro atoms. The molecule has 0 N–H and O–H groups in total. The summed E-state index contributed by atoms with van der Waals surface area (Å²) in [7, 11) is 0. The van der Waals surface area contributed by atoms with Gasteiger partial charge < -0.3 is 4.42 Å². The summed E-state index contributed by atoms with van der Waals surface area (Å²) in [4.78, 5) is 4.67. The normalized spacial score (nSPS) is 16.2. The van der Waals surface area contributed by atoms with Gasteiger partial charge in [0.2, 0.25) is 0 Å². The molecule has 0 saturated carbocycles. The molecule has 1 unspecified atom stereocenters. The predicted molar refractivity (Wildman–Crippen MR) is 167 cm³/mol. The van der Waals surface area contributed by atoms with Crippen LogP contribution in [-0.4, -0.2) is 5.71 Å². The molecule has 5 aromatic rings. The quantitative estimate of drug-likeness (QED) is 0.167. The molecular formula is C37H24ClNO. The molecule has 1 atom stereocenters. The van der Waals surface area contributed by atoms with E-state index in [1.54, 1.807) is 0 Å². The molecule has 0 saturated heterocycles. The summed E-state index contributed by atoms with van der Waals surface area (Å²) < 4.78 is 6.28. The topological polar surface area (TPSA) is 25.5 Å². The Morgan fingerprint density at radius 1 is 0.825 bits per heavy atom. The Morgan fingerprint density at radius 3 is 2.33 bits per heavy atom. The zero-order valence-electron chi connectivity index (χ0n) is 21.7. The Balaban J connectivity index is 1.36. The lowest BCUT2D eigenvalue weighted by Crippen LogP contribution is -2.14. The molecular weight excluding hydrogens is 510 g/mol. The molecule has 3 heteroatoms. The maximum atomic E-state index is 6.41. The van der Waals surface area contributed by atoms with Gasteiger partial charge in [-0.05, 0) is 51.1 Å². The minimum absolute atomic E-state index is 0.0510. The predicted octanol–water partition coefficient (Wildman–Crippen LogP) is 9.77. The van der Waals surface area contributed by atoms with Crippen LogP contribution < -0.4 is 0 Å². The first-order valence-electron chi connectivity index (χ1n) is 13.2. The maximum Gasteiger partial charge on any atom is 0.172 e. The van der Waals surface area contributed by atoms with E-state index in [-0.39, 0.29) is 11.1 Å². The fourth-order valence-electron chi connectivity index (χ4n) is 5.90. The Bertz CT molecular complexity index is 1960. The smallest absolute Gasteiger partial charge is 0.172 e. The lowest BCUT2D eigenvalue weighted by Gasteiger charge is -2.32. The summed E-state index contributed by atoms with van der Waals surface area (Å²) in [6.45, 7) is 8.83. The van der Waals surface area contributed by atoms with Crippen LogP contribution in [0.3, 0.4) is 0 Å². The zero-order valence-corrected chi connectivity index (χ0v) is 22.5. The minimum Gasteiger partial charge on any atom is -0.454 e. The molecule has 0 radical (unpaired) electrons. The lowest BCUT2D eigenvalue weighted by atomic mass is 9.71. The van der Waals surface area contributed by atoms with Crippen molar-refractivity contribution in [1.82, 2.24) is 0 Å². The highest BCUT2D eigenvalue weighted by atomic mass is 35.5. The van der Waals surface area contributed by atoms with Gasteiger partial charge in [-0.15, -0.1) is 0 Å². The van der Waals surface area contributed by atoms with Crippen LogP contribution in [0.5, 0.6) is 0 Å². The number of halogens is 1. The van der Waals surface area contributed by atoms with Gasteiger partial charge >= 0.3 is 0 Å². The molecule has 1 aliphatic heterocycles. The first-order valence-corrected chi connectivity index (χ1v) is 13.6. The summed E-state index contributed by atoms with van der Waals surface area (Å²) in [5.74, 6) is 0.735. The van der Waals surface area contributed by atoms with Crippen molar-refractivity contribution in [2.45, 2.75) is 5.92 Å². The molecule has 0 bridgehead atoms. The van der Waals surface area contributed by atoms with Crippen molar-refractivity contribution in [1.29, 1.82) is 0 Å². The number of nitrogens with zero attached hydrogens (tertiary/aromatic N) is 1. The molecule has 1 aliphatic carbocycles. The number of para-hydroxylation sites is 1. The fraction of sp³-hybridized carbons (Fsp3) is 0.0270. The first-order chi connectivity index (χ1) is 19.6. The number of hydrogen-bond acceptors (Lipinski definition) is 2. The molecule has 0 amide bonds. The second-order valence-corrected chi connectivity index (χ2v) is 10.3. The third-order valence-corrected chi connectivity index (χ3v) is 7.87. The summed E-state index contributed by atoms with van der Waals surface area (Å²) >= 11 is 6.41. The van der Waals surface area contributed by atoms with Crippen LogP contribution >= 0.6 is 11.6 Å². The average Bonchev–Trinajstić information content (AvgIpc) is 3.28. The van der Waals surface area contributed by atoms with Crippen molar-refractivity contribution in [3.8, 4) is 0 Å². The van der Waals surface area contributed by atoms with Gasteiger partial charge in [-0.2, -0.15) is 0 Å². The van der Waals surface area contributed by atoms with E-state index in [4.69, 9.17) is 16.0 Å². The molecule has 2 nitrogen and oxygen atoms in total. The van der Waals surface area contributed by atoms with Crippen LogP contribution in [-0.2, 0) is 0 Å². The fourth-order valence-corrected chi connectivity index (χ4v) is 6.04. The third-order valence-electron chi connectivity index (χ3n) is 7.68. The van der Waals surface area contributed by atoms with Crippen molar-refractivity contribution >= 4 is 45.5 Å². The molecule has 7 rings (SSSR count). The van der Waals surface area contributed by atoms with E-state index in [1.165, 1.54) is 16.7 Å². The van der Waals surface area contributed by atoms with E-state index in [2.05, 4.69) is 96.7 Å². The van der Waals surface area contributed by atoms with E-state index < -0.39 is 0 Å². The highest BCUT2D eigenvalue weighted by Crippen LogP contribution is 2.49. The van der Waals surface area contributed by atoms with Crippen LogP contribution in [0.4, 0.5) is 0 Å². The van der Waals surface area contributed by atoms with Gasteiger partial charge in [0.1, 0.15) is 11.3 Å². The van der Waals surface area contributed by atoms with Gasteiger partial charge in [0.15, 0.2) is 10.9 Å². The second kappa shape index (κ2) is 9.70. The Labute approximate surface area is 238 Å². The van der Waals surface area contributed by atoms with E-state index in [1.807, 2.05) is 42.5 Å². The summed E-state index contributed by atoms with van der Waals surface area (Å²) in [6, 6.07) is 35.4. The Hall–Kier alpha value is -4.88. The largest absolute Gasteiger partial charge is 0.454 e. The third kappa shape index (κ3) is 3.86. The molecule has 190 valence electrons. The monoisotopic (exact) mass is 533 g/mol. The molecule has 1 aromatic heterocycles. The second-order valence-electron chi connectivity index (χ2n) is 9.91. The molecule has 2 heterocycles. The number of hydrogen-bond donors (Lipinski definition) is 0. The number of aliphatic imine (C=N–C) groups is 1. The minimum atomic E-state index is 0.0510. The van der Waals surface area contributed by atoms with Crippen LogP contribution in [0.15, 0.2) is 148 Å². The number of furan rings is 1. The first kappa shape index (κ1) is 24.2. The van der Waals surface area contributed by atoms with E-state index in [0.29, 0.717) is 11.5 Å². The van der Waals surface area contributed by atoms with Gasteiger partial charge in [0.25, 0.3) is 0 Å². The number of allylic oxidation sites excluding steroid dienone is 4. The van der Waals surface area contributed by atoms with E-state index in [9.17, 15) is 0 Å². The Morgan fingerprint density at radius 2 is 1.52 bits per heavy atom. The zero-order chi connectivity index (χ0) is 27.2. The van der Waals surface area contributed by atoms with Gasteiger partial charge in [0, 0.05) is 22.4 Å². The van der Waals surface area contributed by atoms with Crippen LogP contribution in [0.2, 0.25) is 0 Å². The van der Waals surface area contributed by atoms with Crippen molar-refractivity contribution in [2.75, 3.05) is 0 Å². The average molecular weight is 534 g/mol. The highest BCUT2D eigenvalue weighted by molar-refractivity contribution is 6.31. The van der Waals surface area contributed by atoms with Crippen molar-refractivity contribution in [3.63, 3.8) is 0 Å². The molecule has 4 aromatic carbocycles. The van der Waals surface area contributed by atoms with Crippen LogP contribution in [0.25, 0.3) is 28.2 Å². The van der Waals surface area contributed by atoms with Crippen molar-refractivity contribution in [2.24, 2.45) is 4.99 Å².